The molecule has 0 fully saturated rings. The van der Waals surface area contributed by atoms with Crippen molar-refractivity contribution in [3.05, 3.63) is 51.4 Å². The van der Waals surface area contributed by atoms with Gasteiger partial charge in [-0.15, -0.1) is 0 Å². The van der Waals surface area contributed by atoms with Gasteiger partial charge in [-0.25, -0.2) is 0 Å². The van der Waals surface area contributed by atoms with Gasteiger partial charge in [0.2, 0.25) is 0 Å². The molecule has 0 atom stereocenters. The van der Waals surface area contributed by atoms with Gasteiger partial charge in [0.1, 0.15) is 0 Å². The van der Waals surface area contributed by atoms with Crippen molar-refractivity contribution in [3.63, 3.8) is 0 Å². The third kappa shape index (κ3) is 3.62. The SMILES string of the molecule is Cc1ccc(C(C)(C)Cn2c3c(c4/c2=C\CCCC\C=4)CCN(C)C3)cn1. The zero-order chi connectivity index (χ0) is 19.0. The van der Waals surface area contributed by atoms with Crippen LogP contribution in [-0.2, 0) is 24.9 Å². The third-order valence-electron chi connectivity index (χ3n) is 6.32. The van der Waals surface area contributed by atoms with E-state index >= 15 is 0 Å². The van der Waals surface area contributed by atoms with E-state index in [1.807, 2.05) is 0 Å². The molecule has 27 heavy (non-hydrogen) atoms. The molecule has 0 N–H and O–H groups in total. The highest BCUT2D eigenvalue weighted by molar-refractivity contribution is 5.41. The van der Waals surface area contributed by atoms with Crippen molar-refractivity contribution >= 4 is 12.2 Å². The van der Waals surface area contributed by atoms with Gasteiger partial charge >= 0.3 is 0 Å². The Hall–Kier alpha value is -1.87. The first-order valence-corrected chi connectivity index (χ1v) is 10.5. The first kappa shape index (κ1) is 18.5. The van der Waals surface area contributed by atoms with Crippen LogP contribution in [0.1, 0.15) is 62.0 Å². The molecule has 0 saturated heterocycles. The van der Waals surface area contributed by atoms with Crippen LogP contribution in [0.25, 0.3) is 12.2 Å². The monoisotopic (exact) mass is 363 g/mol. The van der Waals surface area contributed by atoms with Crippen LogP contribution < -0.4 is 10.6 Å². The van der Waals surface area contributed by atoms with Crippen LogP contribution in [0, 0.1) is 6.92 Å². The minimum Gasteiger partial charge on any atom is -0.342 e. The van der Waals surface area contributed by atoms with Crippen molar-refractivity contribution in [2.45, 2.75) is 71.4 Å². The van der Waals surface area contributed by atoms with E-state index < -0.39 is 0 Å². The van der Waals surface area contributed by atoms with Crippen LogP contribution in [0.3, 0.4) is 0 Å². The molecule has 3 nitrogen and oxygen atoms in total. The molecule has 0 spiro atoms. The van der Waals surface area contributed by atoms with Crippen molar-refractivity contribution in [2.75, 3.05) is 13.6 Å². The van der Waals surface area contributed by atoms with Crippen LogP contribution in [0.15, 0.2) is 18.3 Å². The lowest BCUT2D eigenvalue weighted by molar-refractivity contribution is 0.295. The summed E-state index contributed by atoms with van der Waals surface area (Å²) < 4.78 is 2.64. The predicted octanol–water partition coefficient (Wildman–Crippen LogP) is 3.29. The average molecular weight is 364 g/mol. The molecule has 3 heteroatoms. The van der Waals surface area contributed by atoms with Crippen LogP contribution in [0.2, 0.25) is 0 Å². The number of fused-ring (bicyclic) bond motifs is 3. The smallest absolute Gasteiger partial charge is 0.0442 e. The predicted molar refractivity (Wildman–Crippen MR) is 113 cm³/mol. The maximum Gasteiger partial charge on any atom is 0.0442 e. The Morgan fingerprint density at radius 2 is 1.89 bits per heavy atom. The Kier molecular flexibility index (Phi) is 4.98. The molecule has 1 aliphatic heterocycles. The van der Waals surface area contributed by atoms with Gasteiger partial charge in [-0.2, -0.15) is 0 Å². The molecule has 4 rings (SSSR count). The number of rotatable bonds is 3. The van der Waals surface area contributed by atoms with E-state index in [-0.39, 0.29) is 5.41 Å². The summed E-state index contributed by atoms with van der Waals surface area (Å²) in [6.07, 6.45) is 13.3. The highest BCUT2D eigenvalue weighted by Crippen LogP contribution is 2.26. The van der Waals surface area contributed by atoms with Gasteiger partial charge in [0, 0.05) is 48.0 Å². The molecule has 0 saturated carbocycles. The van der Waals surface area contributed by atoms with Crippen LogP contribution in [-0.4, -0.2) is 28.0 Å². The quantitative estimate of drug-likeness (QED) is 0.834. The largest absolute Gasteiger partial charge is 0.342 e. The molecule has 0 unspecified atom stereocenters. The van der Waals surface area contributed by atoms with E-state index in [1.165, 1.54) is 60.5 Å². The lowest BCUT2D eigenvalue weighted by Crippen LogP contribution is -2.36. The minimum atomic E-state index is 0.0491. The summed E-state index contributed by atoms with van der Waals surface area (Å²) in [7, 11) is 2.25. The van der Waals surface area contributed by atoms with Gasteiger partial charge in [-0.1, -0.05) is 32.1 Å². The summed E-state index contributed by atoms with van der Waals surface area (Å²) in [5.41, 5.74) is 5.61. The Morgan fingerprint density at radius 1 is 1.11 bits per heavy atom. The number of aryl methyl sites for hydroxylation is 1. The average Bonchev–Trinajstić information content (AvgIpc) is 2.86. The zero-order valence-electron chi connectivity index (χ0n) is 17.4. The maximum atomic E-state index is 4.56. The molecule has 0 aromatic carbocycles. The van der Waals surface area contributed by atoms with Gasteiger partial charge in [0.25, 0.3) is 0 Å². The van der Waals surface area contributed by atoms with E-state index in [9.17, 15) is 0 Å². The van der Waals surface area contributed by atoms with Gasteiger partial charge < -0.3 is 9.47 Å². The Morgan fingerprint density at radius 3 is 2.63 bits per heavy atom. The van der Waals surface area contributed by atoms with E-state index in [4.69, 9.17) is 0 Å². The van der Waals surface area contributed by atoms with Crippen LogP contribution in [0.5, 0.6) is 0 Å². The molecular weight excluding hydrogens is 330 g/mol. The standard InChI is InChI=1S/C24H33N3/c1-18-11-12-19(15-25-18)24(2,3)17-27-22-10-8-6-5-7-9-20(22)21-13-14-26(4)16-23(21)27/h9-12,15H,5-8,13-14,16-17H2,1-4H3/b20-9-,22-10+. The van der Waals surface area contributed by atoms with Gasteiger partial charge in [0.05, 0.1) is 0 Å². The number of pyridine rings is 1. The Bertz CT molecular complexity index is 931. The molecule has 3 heterocycles. The number of likely N-dealkylation sites (N-methyl/N-ethyl adjacent to an activating group) is 1. The third-order valence-corrected chi connectivity index (χ3v) is 6.32. The number of nitrogens with zero attached hydrogens (tertiary/aromatic N) is 3. The van der Waals surface area contributed by atoms with E-state index in [2.05, 4.69) is 72.8 Å². The highest BCUT2D eigenvalue weighted by atomic mass is 15.1. The lowest BCUT2D eigenvalue weighted by Gasteiger charge is -2.30. The summed E-state index contributed by atoms with van der Waals surface area (Å²) in [6, 6.07) is 4.39. The fraction of sp³-hybridized carbons (Fsp3) is 0.542. The second-order valence-corrected chi connectivity index (χ2v) is 9.06. The van der Waals surface area contributed by atoms with Crippen molar-refractivity contribution in [1.29, 1.82) is 0 Å². The van der Waals surface area contributed by atoms with Gasteiger partial charge in [-0.05, 0) is 68.5 Å². The first-order valence-electron chi connectivity index (χ1n) is 10.5. The molecule has 0 amide bonds. The summed E-state index contributed by atoms with van der Waals surface area (Å²) >= 11 is 0. The zero-order valence-corrected chi connectivity index (χ0v) is 17.4. The molecule has 2 aliphatic rings. The Balaban J connectivity index is 1.84. The van der Waals surface area contributed by atoms with E-state index in [0.717, 1.165) is 18.8 Å². The topological polar surface area (TPSA) is 21.1 Å². The number of hydrogen-bond acceptors (Lipinski definition) is 2. The first-order chi connectivity index (χ1) is 13.0. The van der Waals surface area contributed by atoms with Gasteiger partial charge in [0.15, 0.2) is 0 Å². The summed E-state index contributed by atoms with van der Waals surface area (Å²) in [5, 5.41) is 3.01. The molecular formula is C24H33N3. The van der Waals surface area contributed by atoms with E-state index in [1.54, 1.807) is 5.56 Å². The van der Waals surface area contributed by atoms with E-state index in [0.29, 0.717) is 0 Å². The highest BCUT2D eigenvalue weighted by Gasteiger charge is 2.27. The van der Waals surface area contributed by atoms with Gasteiger partial charge in [-0.3, -0.25) is 4.98 Å². The van der Waals surface area contributed by atoms with Crippen molar-refractivity contribution in [1.82, 2.24) is 14.5 Å². The Labute approximate surface area is 163 Å². The summed E-state index contributed by atoms with van der Waals surface area (Å²) in [6.45, 7) is 10.0. The second-order valence-electron chi connectivity index (χ2n) is 9.06. The summed E-state index contributed by atoms with van der Waals surface area (Å²) in [4.78, 5) is 7.02. The van der Waals surface area contributed by atoms with Crippen molar-refractivity contribution < 1.29 is 0 Å². The minimum absolute atomic E-state index is 0.0491. The molecule has 2 aromatic rings. The second kappa shape index (κ2) is 7.27. The molecule has 0 radical (unpaired) electrons. The fourth-order valence-corrected chi connectivity index (χ4v) is 4.62. The van der Waals surface area contributed by atoms with Crippen LogP contribution >= 0.6 is 0 Å². The molecule has 2 aromatic heterocycles. The lowest BCUT2D eigenvalue weighted by atomic mass is 9.85. The normalized spacial score (nSPS) is 20.4. The summed E-state index contributed by atoms with van der Waals surface area (Å²) in [5.74, 6) is 0. The number of aromatic nitrogens is 2. The fourth-order valence-electron chi connectivity index (χ4n) is 4.62. The van der Waals surface area contributed by atoms with Crippen molar-refractivity contribution in [3.8, 4) is 0 Å². The maximum absolute atomic E-state index is 4.56. The molecule has 1 aliphatic carbocycles. The molecule has 0 bridgehead atoms. The molecule has 144 valence electrons. The number of hydrogen-bond donors (Lipinski definition) is 0. The van der Waals surface area contributed by atoms with Crippen molar-refractivity contribution in [2.24, 2.45) is 0 Å². The van der Waals surface area contributed by atoms with Crippen LogP contribution in [0.4, 0.5) is 0 Å².